The van der Waals surface area contributed by atoms with Crippen LogP contribution in [0.1, 0.15) is 52.4 Å². The van der Waals surface area contributed by atoms with E-state index in [4.69, 9.17) is 4.42 Å². The highest BCUT2D eigenvalue weighted by Crippen LogP contribution is 2.37. The van der Waals surface area contributed by atoms with Gasteiger partial charge in [0.15, 0.2) is 0 Å². The monoisotopic (exact) mass is 216 g/mol. The highest BCUT2D eigenvalue weighted by Gasteiger charge is 2.24. The minimum atomic E-state index is 0.146. The van der Waals surface area contributed by atoms with Crippen LogP contribution in [0.5, 0.6) is 0 Å². The second kappa shape index (κ2) is 3.65. The molecule has 0 spiro atoms. The Morgan fingerprint density at radius 2 is 1.88 bits per heavy atom. The van der Waals surface area contributed by atoms with Crippen molar-refractivity contribution in [2.24, 2.45) is 0 Å². The number of furan rings is 1. The smallest absolute Gasteiger partial charge is 0.133 e. The van der Waals surface area contributed by atoms with E-state index in [2.05, 4.69) is 46.8 Å². The van der Waals surface area contributed by atoms with Gasteiger partial charge in [0.25, 0.3) is 0 Å². The quantitative estimate of drug-likeness (QED) is 0.663. The molecule has 0 radical (unpaired) electrons. The van der Waals surface area contributed by atoms with Gasteiger partial charge in [-0.2, -0.15) is 0 Å². The van der Waals surface area contributed by atoms with Gasteiger partial charge in [-0.1, -0.05) is 38.0 Å². The predicted octanol–water partition coefficient (Wildman–Crippen LogP) is 4.70. The normalized spacial score (nSPS) is 16.9. The zero-order chi connectivity index (χ0) is 11.9. The molecular formula is C15H20O. The van der Waals surface area contributed by atoms with Crippen LogP contribution in [0.2, 0.25) is 0 Å². The van der Waals surface area contributed by atoms with Crippen molar-refractivity contribution in [1.82, 2.24) is 0 Å². The van der Waals surface area contributed by atoms with E-state index in [1.165, 1.54) is 22.3 Å². The lowest BCUT2D eigenvalue weighted by molar-refractivity contribution is 0.523. The van der Waals surface area contributed by atoms with Crippen LogP contribution in [0.4, 0.5) is 0 Å². The lowest BCUT2D eigenvalue weighted by Crippen LogP contribution is -2.11. The molecule has 0 atom stereocenters. The minimum absolute atomic E-state index is 0.146. The molecule has 2 rings (SSSR count). The number of allylic oxidation sites excluding steroid dienone is 4. The summed E-state index contributed by atoms with van der Waals surface area (Å²) in [6.07, 6.45) is 5.09. The Kier molecular flexibility index (Phi) is 2.57. The number of hydrogen-bond donors (Lipinski definition) is 0. The Hall–Kier alpha value is -1.24. The van der Waals surface area contributed by atoms with Gasteiger partial charge in [0, 0.05) is 5.56 Å². The van der Waals surface area contributed by atoms with Gasteiger partial charge in [-0.3, -0.25) is 0 Å². The zero-order valence-electron chi connectivity index (χ0n) is 10.8. The van der Waals surface area contributed by atoms with Gasteiger partial charge in [0.1, 0.15) is 5.76 Å². The first-order valence-corrected chi connectivity index (χ1v) is 5.85. The molecule has 1 aromatic rings. The Balaban J connectivity index is 2.38. The molecule has 0 aliphatic heterocycles. The molecule has 1 aliphatic carbocycles. The van der Waals surface area contributed by atoms with Gasteiger partial charge >= 0.3 is 0 Å². The molecule has 0 amide bonds. The largest absolute Gasteiger partial charge is 0.464 e. The van der Waals surface area contributed by atoms with Crippen molar-refractivity contribution in [3.8, 4) is 0 Å². The highest BCUT2D eigenvalue weighted by atomic mass is 16.3. The van der Waals surface area contributed by atoms with E-state index in [1.807, 2.05) is 0 Å². The molecule has 1 aromatic heterocycles. The first-order valence-electron chi connectivity index (χ1n) is 5.85. The maximum absolute atomic E-state index is 5.68. The van der Waals surface area contributed by atoms with Crippen LogP contribution < -0.4 is 0 Å². The van der Waals surface area contributed by atoms with Gasteiger partial charge in [0.2, 0.25) is 0 Å². The molecule has 16 heavy (non-hydrogen) atoms. The molecule has 0 bridgehead atoms. The summed E-state index contributed by atoms with van der Waals surface area (Å²) in [4.78, 5) is 0. The van der Waals surface area contributed by atoms with Gasteiger partial charge in [0.05, 0.1) is 6.26 Å². The van der Waals surface area contributed by atoms with Crippen molar-refractivity contribution >= 4 is 5.57 Å². The van der Waals surface area contributed by atoms with Crippen molar-refractivity contribution < 1.29 is 4.42 Å². The second-order valence-corrected chi connectivity index (χ2v) is 5.72. The second-order valence-electron chi connectivity index (χ2n) is 5.72. The summed E-state index contributed by atoms with van der Waals surface area (Å²) in [6.45, 7) is 11.0. The molecule has 0 unspecified atom stereocenters. The third-order valence-corrected chi connectivity index (χ3v) is 3.28. The molecule has 86 valence electrons. The first kappa shape index (κ1) is 11.3. The van der Waals surface area contributed by atoms with Crippen LogP contribution in [0.25, 0.3) is 5.57 Å². The molecule has 1 nitrogen and oxygen atoms in total. The third kappa shape index (κ3) is 1.87. The Morgan fingerprint density at radius 3 is 2.38 bits per heavy atom. The van der Waals surface area contributed by atoms with Crippen molar-refractivity contribution in [3.05, 3.63) is 40.9 Å². The standard InChI is InChI=1S/C15H20O/c1-10-8-12(9-11(10)2)14-13(6-7-16-14)15(3,4)5/h6-8H,9H2,1-5H3. The van der Waals surface area contributed by atoms with Crippen LogP contribution >= 0.6 is 0 Å². The summed E-state index contributed by atoms with van der Waals surface area (Å²) in [6, 6.07) is 2.10. The fourth-order valence-corrected chi connectivity index (χ4v) is 2.16. The zero-order valence-corrected chi connectivity index (χ0v) is 10.8. The summed E-state index contributed by atoms with van der Waals surface area (Å²) in [5.74, 6) is 1.07. The summed E-state index contributed by atoms with van der Waals surface area (Å²) >= 11 is 0. The average Bonchev–Trinajstić information content (AvgIpc) is 2.72. The molecule has 0 N–H and O–H groups in total. The Bertz CT molecular complexity index is 464. The summed E-state index contributed by atoms with van der Waals surface area (Å²) in [5, 5.41) is 0. The van der Waals surface area contributed by atoms with E-state index in [0.29, 0.717) is 0 Å². The Labute approximate surface area is 97.9 Å². The van der Waals surface area contributed by atoms with E-state index in [-0.39, 0.29) is 5.41 Å². The van der Waals surface area contributed by atoms with Crippen LogP contribution in [0.3, 0.4) is 0 Å². The van der Waals surface area contributed by atoms with Crippen molar-refractivity contribution in [2.75, 3.05) is 0 Å². The maximum Gasteiger partial charge on any atom is 0.133 e. The molecule has 1 heteroatoms. The van der Waals surface area contributed by atoms with Crippen LogP contribution in [0, 0.1) is 0 Å². The van der Waals surface area contributed by atoms with E-state index in [0.717, 1.165) is 12.2 Å². The van der Waals surface area contributed by atoms with Crippen LogP contribution in [-0.4, -0.2) is 0 Å². The Morgan fingerprint density at radius 1 is 1.19 bits per heavy atom. The molecule has 0 fully saturated rings. The molecule has 1 heterocycles. The van der Waals surface area contributed by atoms with E-state index in [9.17, 15) is 0 Å². The number of hydrogen-bond acceptors (Lipinski definition) is 1. The van der Waals surface area contributed by atoms with Crippen molar-refractivity contribution in [3.63, 3.8) is 0 Å². The molecule has 1 aliphatic rings. The first-order chi connectivity index (χ1) is 7.39. The molecular weight excluding hydrogens is 196 g/mol. The van der Waals surface area contributed by atoms with Gasteiger partial charge in [-0.25, -0.2) is 0 Å². The molecule has 0 saturated carbocycles. The topological polar surface area (TPSA) is 13.1 Å². The lowest BCUT2D eigenvalue weighted by atomic mass is 9.85. The van der Waals surface area contributed by atoms with E-state index >= 15 is 0 Å². The lowest BCUT2D eigenvalue weighted by Gasteiger charge is -2.18. The summed E-state index contributed by atoms with van der Waals surface area (Å²) in [7, 11) is 0. The van der Waals surface area contributed by atoms with Gasteiger partial charge < -0.3 is 4.42 Å². The molecule has 0 saturated heterocycles. The summed E-state index contributed by atoms with van der Waals surface area (Å²) in [5.41, 5.74) is 5.61. The molecule has 0 aromatic carbocycles. The van der Waals surface area contributed by atoms with Crippen LogP contribution in [-0.2, 0) is 5.41 Å². The maximum atomic E-state index is 5.68. The predicted molar refractivity (Wildman–Crippen MR) is 68.4 cm³/mol. The number of rotatable bonds is 1. The van der Waals surface area contributed by atoms with Gasteiger partial charge in [-0.15, -0.1) is 0 Å². The van der Waals surface area contributed by atoms with Crippen molar-refractivity contribution in [1.29, 1.82) is 0 Å². The fourth-order valence-electron chi connectivity index (χ4n) is 2.16. The average molecular weight is 216 g/mol. The SMILES string of the molecule is CC1=C(C)CC(c2occc2C(C)(C)C)=C1. The van der Waals surface area contributed by atoms with E-state index in [1.54, 1.807) is 6.26 Å². The van der Waals surface area contributed by atoms with Crippen molar-refractivity contribution in [2.45, 2.75) is 46.5 Å². The van der Waals surface area contributed by atoms with Gasteiger partial charge in [-0.05, 0) is 37.3 Å². The highest BCUT2D eigenvalue weighted by molar-refractivity contribution is 5.73. The fraction of sp³-hybridized carbons (Fsp3) is 0.467. The van der Waals surface area contributed by atoms with Crippen LogP contribution in [0.15, 0.2) is 34.0 Å². The minimum Gasteiger partial charge on any atom is -0.464 e. The third-order valence-electron chi connectivity index (χ3n) is 3.28. The summed E-state index contributed by atoms with van der Waals surface area (Å²) < 4.78 is 5.68. The van der Waals surface area contributed by atoms with E-state index < -0.39 is 0 Å².